The molecule has 0 unspecified atom stereocenters. The summed E-state index contributed by atoms with van der Waals surface area (Å²) in [7, 11) is 1.87. The smallest absolute Gasteiger partial charge is 0.0632 e. The molecule has 1 aliphatic rings. The molecule has 0 aromatic carbocycles. The topological polar surface area (TPSA) is 35.9 Å². The lowest BCUT2D eigenvalue weighted by Crippen LogP contribution is -2.11. The average molecular weight is 162 g/mol. The molecule has 0 saturated carbocycles. The van der Waals surface area contributed by atoms with Crippen LogP contribution < -0.4 is 5.32 Å². The molecule has 0 amide bonds. The first-order valence-corrected chi connectivity index (χ1v) is 3.99. The highest BCUT2D eigenvalue weighted by molar-refractivity contribution is 6.10. The molecule has 2 heteroatoms. The van der Waals surface area contributed by atoms with Crippen LogP contribution in [0.25, 0.3) is 0 Å². The Morgan fingerprint density at radius 2 is 2.08 bits per heavy atom. The fraction of sp³-hybridized carbons (Fsp3) is 0.300. The second-order valence-electron chi connectivity index (χ2n) is 2.92. The summed E-state index contributed by atoms with van der Waals surface area (Å²) in [4.78, 5) is 0. The van der Waals surface area contributed by atoms with Crippen LogP contribution in [-0.2, 0) is 0 Å². The molecule has 0 spiro atoms. The fourth-order valence-corrected chi connectivity index (χ4v) is 1.12. The second kappa shape index (κ2) is 3.39. The van der Waals surface area contributed by atoms with E-state index in [-0.39, 0.29) is 0 Å². The molecule has 0 bridgehead atoms. The zero-order chi connectivity index (χ0) is 9.14. The Kier molecular flexibility index (Phi) is 2.48. The van der Waals surface area contributed by atoms with Crippen LogP contribution in [-0.4, -0.2) is 12.8 Å². The maximum Gasteiger partial charge on any atom is 0.0632 e. The highest BCUT2D eigenvalue weighted by atomic mass is 14.8. The minimum absolute atomic E-state index is 0.585. The largest absolute Gasteiger partial charge is 0.391 e. The molecule has 1 aliphatic carbocycles. The van der Waals surface area contributed by atoms with E-state index >= 15 is 0 Å². The van der Waals surface area contributed by atoms with E-state index in [2.05, 4.69) is 5.32 Å². The fourth-order valence-electron chi connectivity index (χ4n) is 1.12. The van der Waals surface area contributed by atoms with E-state index in [4.69, 9.17) is 5.41 Å². The quantitative estimate of drug-likeness (QED) is 0.608. The Bertz CT molecular complexity index is 293. The summed E-state index contributed by atoms with van der Waals surface area (Å²) in [5, 5.41) is 10.7. The van der Waals surface area contributed by atoms with Gasteiger partial charge in [-0.1, -0.05) is 12.2 Å². The van der Waals surface area contributed by atoms with Crippen LogP contribution in [0.4, 0.5) is 0 Å². The molecular weight excluding hydrogens is 148 g/mol. The minimum atomic E-state index is 0.585. The third-order valence-electron chi connectivity index (χ3n) is 1.95. The van der Waals surface area contributed by atoms with Gasteiger partial charge in [-0.05, 0) is 25.5 Å². The van der Waals surface area contributed by atoms with E-state index in [0.717, 1.165) is 16.8 Å². The van der Waals surface area contributed by atoms with Crippen molar-refractivity contribution in [2.24, 2.45) is 0 Å². The molecule has 12 heavy (non-hydrogen) atoms. The van der Waals surface area contributed by atoms with Crippen LogP contribution >= 0.6 is 0 Å². The number of rotatable bonds is 1. The molecule has 0 aliphatic heterocycles. The minimum Gasteiger partial charge on any atom is -0.391 e. The molecule has 2 nitrogen and oxygen atoms in total. The van der Waals surface area contributed by atoms with Crippen molar-refractivity contribution in [1.82, 2.24) is 5.32 Å². The normalized spacial score (nSPS) is 20.6. The van der Waals surface area contributed by atoms with Crippen molar-refractivity contribution >= 4 is 5.71 Å². The van der Waals surface area contributed by atoms with Gasteiger partial charge in [0.15, 0.2) is 0 Å². The number of hydrogen-bond acceptors (Lipinski definition) is 2. The molecule has 1 rings (SSSR count). The first-order chi connectivity index (χ1) is 5.65. The molecule has 64 valence electrons. The van der Waals surface area contributed by atoms with Gasteiger partial charge in [0.2, 0.25) is 0 Å². The Morgan fingerprint density at radius 3 is 2.58 bits per heavy atom. The van der Waals surface area contributed by atoms with E-state index in [1.165, 1.54) is 0 Å². The zero-order valence-corrected chi connectivity index (χ0v) is 7.73. The Labute approximate surface area is 73.2 Å². The van der Waals surface area contributed by atoms with E-state index in [9.17, 15) is 0 Å². The van der Waals surface area contributed by atoms with Gasteiger partial charge in [0.05, 0.1) is 5.71 Å². The van der Waals surface area contributed by atoms with Crippen molar-refractivity contribution in [1.29, 1.82) is 5.41 Å². The third kappa shape index (κ3) is 1.64. The van der Waals surface area contributed by atoms with Gasteiger partial charge in [-0.2, -0.15) is 0 Å². The van der Waals surface area contributed by atoms with Crippen molar-refractivity contribution in [2.75, 3.05) is 7.05 Å². The third-order valence-corrected chi connectivity index (χ3v) is 1.95. The van der Waals surface area contributed by atoms with Crippen LogP contribution in [0.5, 0.6) is 0 Å². The SMILES string of the molecule is CN/C(C)=C1/C=CC(C)=CC1=N. The summed E-state index contributed by atoms with van der Waals surface area (Å²) in [6, 6.07) is 0. The molecule has 0 aromatic rings. The predicted molar refractivity (Wildman–Crippen MR) is 52.4 cm³/mol. The standard InChI is InChI=1S/C10H14N2/c1-7-4-5-9(8(2)12-3)10(11)6-7/h4-6,11-12H,1-3H3/b9-8-,11-10?. The van der Waals surface area contributed by atoms with Crippen molar-refractivity contribution in [3.05, 3.63) is 35.1 Å². The van der Waals surface area contributed by atoms with Gasteiger partial charge in [0.25, 0.3) is 0 Å². The molecule has 0 aromatic heterocycles. The summed E-state index contributed by atoms with van der Waals surface area (Å²) >= 11 is 0. The molecule has 0 saturated heterocycles. The van der Waals surface area contributed by atoms with Crippen molar-refractivity contribution in [2.45, 2.75) is 13.8 Å². The lowest BCUT2D eigenvalue weighted by Gasteiger charge is -2.11. The monoisotopic (exact) mass is 162 g/mol. The first-order valence-electron chi connectivity index (χ1n) is 3.99. The van der Waals surface area contributed by atoms with Crippen LogP contribution in [0.2, 0.25) is 0 Å². The Hall–Kier alpha value is -1.31. The Balaban J connectivity index is 3.01. The zero-order valence-electron chi connectivity index (χ0n) is 7.73. The predicted octanol–water partition coefficient (Wildman–Crippen LogP) is 2.02. The summed E-state index contributed by atoms with van der Waals surface area (Å²) in [6.07, 6.45) is 5.87. The molecule has 0 radical (unpaired) electrons. The van der Waals surface area contributed by atoms with Crippen LogP contribution in [0, 0.1) is 5.41 Å². The number of allylic oxidation sites excluding steroid dienone is 6. The van der Waals surface area contributed by atoms with E-state index in [1.54, 1.807) is 0 Å². The molecular formula is C10H14N2. The lowest BCUT2D eigenvalue weighted by atomic mass is 10.00. The Morgan fingerprint density at radius 1 is 1.42 bits per heavy atom. The highest BCUT2D eigenvalue weighted by Gasteiger charge is 2.06. The van der Waals surface area contributed by atoms with Crippen molar-refractivity contribution < 1.29 is 0 Å². The summed E-state index contributed by atoms with van der Waals surface area (Å²) in [6.45, 7) is 3.97. The maximum absolute atomic E-state index is 7.68. The molecule has 2 N–H and O–H groups in total. The van der Waals surface area contributed by atoms with E-state index in [1.807, 2.05) is 39.1 Å². The second-order valence-corrected chi connectivity index (χ2v) is 2.92. The van der Waals surface area contributed by atoms with Crippen molar-refractivity contribution in [3.8, 4) is 0 Å². The number of hydrogen-bond donors (Lipinski definition) is 2. The summed E-state index contributed by atoms with van der Waals surface area (Å²) < 4.78 is 0. The van der Waals surface area contributed by atoms with Gasteiger partial charge >= 0.3 is 0 Å². The number of nitrogens with one attached hydrogen (secondary N) is 2. The van der Waals surface area contributed by atoms with Gasteiger partial charge in [0, 0.05) is 18.3 Å². The van der Waals surface area contributed by atoms with Gasteiger partial charge in [-0.3, -0.25) is 0 Å². The van der Waals surface area contributed by atoms with Gasteiger partial charge in [-0.15, -0.1) is 0 Å². The lowest BCUT2D eigenvalue weighted by molar-refractivity contribution is 0.980. The van der Waals surface area contributed by atoms with Crippen molar-refractivity contribution in [3.63, 3.8) is 0 Å². The molecule has 0 fully saturated rings. The highest BCUT2D eigenvalue weighted by Crippen LogP contribution is 2.14. The van der Waals surface area contributed by atoms with Gasteiger partial charge in [0.1, 0.15) is 0 Å². The van der Waals surface area contributed by atoms with Gasteiger partial charge in [-0.25, -0.2) is 0 Å². The molecule has 0 atom stereocenters. The molecule has 0 heterocycles. The van der Waals surface area contributed by atoms with Crippen LogP contribution in [0.3, 0.4) is 0 Å². The summed E-state index contributed by atoms with van der Waals surface area (Å²) in [5.41, 5.74) is 3.73. The van der Waals surface area contributed by atoms with Crippen LogP contribution in [0.15, 0.2) is 35.1 Å². The van der Waals surface area contributed by atoms with Crippen LogP contribution in [0.1, 0.15) is 13.8 Å². The maximum atomic E-state index is 7.68. The summed E-state index contributed by atoms with van der Waals surface area (Å²) in [5.74, 6) is 0. The first kappa shape index (κ1) is 8.78. The van der Waals surface area contributed by atoms with E-state index < -0.39 is 0 Å². The average Bonchev–Trinajstić information content (AvgIpc) is 2.03. The van der Waals surface area contributed by atoms with Gasteiger partial charge < -0.3 is 10.7 Å². The van der Waals surface area contributed by atoms with E-state index in [0.29, 0.717) is 5.71 Å².